The lowest BCUT2D eigenvalue weighted by atomic mass is 9.81. The van der Waals surface area contributed by atoms with Gasteiger partial charge >= 0.3 is 0 Å². The van der Waals surface area contributed by atoms with Crippen molar-refractivity contribution in [2.24, 2.45) is 0 Å². The third-order valence-corrected chi connectivity index (χ3v) is 3.73. The number of rotatable bonds is 3. The molecule has 0 amide bonds. The predicted octanol–water partition coefficient (Wildman–Crippen LogP) is 2.86. The molecule has 0 spiro atoms. The molecular weight excluding hydrogens is 214 g/mol. The van der Waals surface area contributed by atoms with Crippen molar-refractivity contribution >= 4 is 0 Å². The molecule has 3 nitrogen and oxygen atoms in total. The Kier molecular flexibility index (Phi) is 3.57. The summed E-state index contributed by atoms with van der Waals surface area (Å²) in [4.78, 5) is 0. The van der Waals surface area contributed by atoms with Gasteiger partial charge in [0, 0.05) is 6.04 Å². The van der Waals surface area contributed by atoms with Crippen molar-refractivity contribution in [3.63, 3.8) is 0 Å². The van der Waals surface area contributed by atoms with Gasteiger partial charge in [-0.15, -0.1) is 0 Å². The Balaban J connectivity index is 2.52. The summed E-state index contributed by atoms with van der Waals surface area (Å²) in [5.41, 5.74) is 2.73. The van der Waals surface area contributed by atoms with Gasteiger partial charge in [0.1, 0.15) is 0 Å². The first-order valence-electron chi connectivity index (χ1n) is 6.14. The highest BCUT2D eigenvalue weighted by atomic mass is 16.5. The zero-order chi connectivity index (χ0) is 12.4. The normalized spacial score (nSPS) is 23.1. The Morgan fingerprint density at radius 2 is 1.65 bits per heavy atom. The van der Waals surface area contributed by atoms with E-state index in [4.69, 9.17) is 9.47 Å². The van der Waals surface area contributed by atoms with E-state index in [0.29, 0.717) is 12.0 Å². The molecule has 0 aliphatic heterocycles. The van der Waals surface area contributed by atoms with Crippen LogP contribution in [0, 0.1) is 0 Å². The van der Waals surface area contributed by atoms with Crippen LogP contribution in [0.3, 0.4) is 0 Å². The molecule has 1 N–H and O–H groups in total. The molecule has 3 heteroatoms. The van der Waals surface area contributed by atoms with Gasteiger partial charge < -0.3 is 14.8 Å². The van der Waals surface area contributed by atoms with E-state index in [1.807, 2.05) is 7.05 Å². The molecule has 0 radical (unpaired) electrons. The molecular formula is C14H21NO2. The van der Waals surface area contributed by atoms with Crippen LogP contribution in [0.2, 0.25) is 0 Å². The van der Waals surface area contributed by atoms with E-state index in [1.165, 1.54) is 24.0 Å². The molecule has 2 atom stereocenters. The molecule has 1 aromatic rings. The standard InChI is InChI=1S/C14H21NO2/c1-9-5-6-12(15-2)11-8-14(17-4)13(16-3)7-10(9)11/h7-9,12,15H,5-6H2,1-4H3. The summed E-state index contributed by atoms with van der Waals surface area (Å²) in [6.45, 7) is 2.27. The summed E-state index contributed by atoms with van der Waals surface area (Å²) in [6.07, 6.45) is 2.40. The second-order valence-corrected chi connectivity index (χ2v) is 4.66. The van der Waals surface area contributed by atoms with Crippen LogP contribution >= 0.6 is 0 Å². The van der Waals surface area contributed by atoms with Crippen molar-refractivity contribution in [3.05, 3.63) is 23.3 Å². The van der Waals surface area contributed by atoms with Crippen LogP contribution in [-0.2, 0) is 0 Å². The quantitative estimate of drug-likeness (QED) is 0.874. The first-order chi connectivity index (χ1) is 8.21. The van der Waals surface area contributed by atoms with E-state index in [2.05, 4.69) is 24.4 Å². The molecule has 0 aromatic heterocycles. The Labute approximate surface area is 103 Å². The molecule has 17 heavy (non-hydrogen) atoms. The lowest BCUT2D eigenvalue weighted by Gasteiger charge is -2.30. The average molecular weight is 235 g/mol. The van der Waals surface area contributed by atoms with Gasteiger partial charge in [0.05, 0.1) is 14.2 Å². The van der Waals surface area contributed by atoms with Gasteiger partial charge in [-0.05, 0) is 49.1 Å². The van der Waals surface area contributed by atoms with Gasteiger partial charge in [-0.3, -0.25) is 0 Å². The Morgan fingerprint density at radius 1 is 1.06 bits per heavy atom. The Morgan fingerprint density at radius 3 is 2.18 bits per heavy atom. The molecule has 1 aliphatic rings. The molecule has 2 rings (SSSR count). The van der Waals surface area contributed by atoms with Crippen molar-refractivity contribution in [1.29, 1.82) is 0 Å². The third kappa shape index (κ3) is 2.12. The van der Waals surface area contributed by atoms with Crippen LogP contribution in [0.25, 0.3) is 0 Å². The Hall–Kier alpha value is -1.22. The number of hydrogen-bond acceptors (Lipinski definition) is 3. The summed E-state index contributed by atoms with van der Waals surface area (Å²) in [6, 6.07) is 4.67. The van der Waals surface area contributed by atoms with Gasteiger partial charge in [0.25, 0.3) is 0 Å². The molecule has 0 fully saturated rings. The van der Waals surface area contributed by atoms with Crippen LogP contribution in [0.15, 0.2) is 12.1 Å². The molecule has 2 unspecified atom stereocenters. The summed E-state index contributed by atoms with van der Waals surface area (Å²) in [5, 5.41) is 3.37. The smallest absolute Gasteiger partial charge is 0.161 e. The lowest BCUT2D eigenvalue weighted by Crippen LogP contribution is -2.23. The van der Waals surface area contributed by atoms with E-state index in [0.717, 1.165) is 11.5 Å². The first-order valence-corrected chi connectivity index (χ1v) is 6.14. The van der Waals surface area contributed by atoms with Gasteiger partial charge in [-0.25, -0.2) is 0 Å². The summed E-state index contributed by atoms with van der Waals surface area (Å²) < 4.78 is 10.8. The molecule has 1 aliphatic carbocycles. The average Bonchev–Trinajstić information content (AvgIpc) is 2.38. The summed E-state index contributed by atoms with van der Waals surface area (Å²) in [7, 11) is 5.39. The number of ether oxygens (including phenoxy) is 2. The first kappa shape index (κ1) is 12.2. The van der Waals surface area contributed by atoms with E-state index in [9.17, 15) is 0 Å². The SMILES string of the molecule is CNC1CCC(C)c2cc(OC)c(OC)cc21. The lowest BCUT2D eigenvalue weighted by molar-refractivity contribution is 0.350. The minimum absolute atomic E-state index is 0.431. The molecule has 0 saturated carbocycles. The van der Waals surface area contributed by atoms with Crippen molar-refractivity contribution in [2.75, 3.05) is 21.3 Å². The van der Waals surface area contributed by atoms with E-state index < -0.39 is 0 Å². The highest BCUT2D eigenvalue weighted by molar-refractivity contribution is 5.50. The van der Waals surface area contributed by atoms with Gasteiger partial charge in [0.15, 0.2) is 11.5 Å². The van der Waals surface area contributed by atoms with Gasteiger partial charge in [-0.2, -0.15) is 0 Å². The predicted molar refractivity (Wildman–Crippen MR) is 69.0 cm³/mol. The number of benzene rings is 1. The highest BCUT2D eigenvalue weighted by Gasteiger charge is 2.25. The number of methoxy groups -OCH3 is 2. The van der Waals surface area contributed by atoms with Crippen molar-refractivity contribution < 1.29 is 9.47 Å². The maximum atomic E-state index is 5.38. The third-order valence-electron chi connectivity index (χ3n) is 3.73. The van der Waals surface area contributed by atoms with Crippen molar-refractivity contribution in [2.45, 2.75) is 31.7 Å². The van der Waals surface area contributed by atoms with E-state index in [1.54, 1.807) is 14.2 Å². The number of fused-ring (bicyclic) bond motifs is 1. The summed E-state index contributed by atoms with van der Waals surface area (Å²) >= 11 is 0. The number of nitrogens with one attached hydrogen (secondary N) is 1. The van der Waals surface area contributed by atoms with Crippen LogP contribution in [0.1, 0.15) is 42.9 Å². The zero-order valence-corrected chi connectivity index (χ0v) is 11.0. The fourth-order valence-corrected chi connectivity index (χ4v) is 2.67. The van der Waals surface area contributed by atoms with Crippen LogP contribution < -0.4 is 14.8 Å². The number of hydrogen-bond donors (Lipinski definition) is 1. The molecule has 94 valence electrons. The monoisotopic (exact) mass is 235 g/mol. The van der Waals surface area contributed by atoms with Gasteiger partial charge in [-0.1, -0.05) is 6.92 Å². The van der Waals surface area contributed by atoms with Crippen molar-refractivity contribution in [3.8, 4) is 11.5 Å². The van der Waals surface area contributed by atoms with Crippen LogP contribution in [-0.4, -0.2) is 21.3 Å². The zero-order valence-electron chi connectivity index (χ0n) is 11.0. The van der Waals surface area contributed by atoms with Crippen LogP contribution in [0.5, 0.6) is 11.5 Å². The maximum Gasteiger partial charge on any atom is 0.161 e. The molecule has 0 saturated heterocycles. The summed E-state index contributed by atoms with van der Waals surface area (Å²) in [5.74, 6) is 2.24. The molecule has 0 bridgehead atoms. The van der Waals surface area contributed by atoms with E-state index in [-0.39, 0.29) is 0 Å². The van der Waals surface area contributed by atoms with E-state index >= 15 is 0 Å². The second kappa shape index (κ2) is 4.96. The maximum absolute atomic E-state index is 5.38. The fraction of sp³-hybridized carbons (Fsp3) is 0.571. The highest BCUT2D eigenvalue weighted by Crippen LogP contribution is 2.42. The Bertz CT molecular complexity index is 403. The van der Waals surface area contributed by atoms with Crippen molar-refractivity contribution in [1.82, 2.24) is 5.32 Å². The van der Waals surface area contributed by atoms with Gasteiger partial charge in [0.2, 0.25) is 0 Å². The molecule has 0 heterocycles. The van der Waals surface area contributed by atoms with Crippen LogP contribution in [0.4, 0.5) is 0 Å². The molecule has 1 aromatic carbocycles. The second-order valence-electron chi connectivity index (χ2n) is 4.66. The minimum atomic E-state index is 0.431. The topological polar surface area (TPSA) is 30.5 Å². The largest absolute Gasteiger partial charge is 0.493 e. The fourth-order valence-electron chi connectivity index (χ4n) is 2.67. The minimum Gasteiger partial charge on any atom is -0.493 e.